The fraction of sp³-hybridized carbons (Fsp3) is 0.150. The Morgan fingerprint density at radius 1 is 0.963 bits per heavy atom. The van der Waals surface area contributed by atoms with Gasteiger partial charge in [-0.3, -0.25) is 4.79 Å². The van der Waals surface area contributed by atoms with Gasteiger partial charge >= 0.3 is 0 Å². The lowest BCUT2D eigenvalue weighted by Gasteiger charge is -2.29. The summed E-state index contributed by atoms with van der Waals surface area (Å²) in [5.41, 5.74) is 2.84. The monoisotopic (exact) mass is 366 g/mol. The van der Waals surface area contributed by atoms with E-state index in [1.54, 1.807) is 12.1 Å². The molecule has 2 heterocycles. The van der Waals surface area contributed by atoms with Crippen molar-refractivity contribution in [3.05, 3.63) is 83.1 Å². The second-order valence-corrected chi connectivity index (χ2v) is 6.30. The van der Waals surface area contributed by atoms with Gasteiger partial charge in [-0.15, -0.1) is 10.2 Å². The highest BCUT2D eigenvalue weighted by Gasteiger charge is 2.18. The van der Waals surface area contributed by atoms with Crippen molar-refractivity contribution >= 4 is 17.4 Å². The second kappa shape index (κ2) is 7.11. The van der Waals surface area contributed by atoms with Crippen LogP contribution in [0.4, 0.5) is 20.3 Å². The normalized spacial score (nSPS) is 13.2. The standard InChI is InChI=1S/C20H16F2N4O/c21-16-6-5-15(11-17(16)22)23-20(27)18-7-8-19(25-24-18)26-10-9-13-3-1-2-4-14(13)12-26/h1-8,11H,9-10,12H2,(H,23,27). The minimum Gasteiger partial charge on any atom is -0.350 e. The summed E-state index contributed by atoms with van der Waals surface area (Å²) >= 11 is 0. The first kappa shape index (κ1) is 17.1. The number of hydrogen-bond donors (Lipinski definition) is 1. The highest BCUT2D eigenvalue weighted by atomic mass is 19.2. The van der Waals surface area contributed by atoms with Crippen molar-refractivity contribution in [1.82, 2.24) is 10.2 Å². The summed E-state index contributed by atoms with van der Waals surface area (Å²) < 4.78 is 26.2. The molecule has 0 atom stereocenters. The molecule has 0 saturated carbocycles. The fourth-order valence-electron chi connectivity index (χ4n) is 3.08. The largest absolute Gasteiger partial charge is 0.350 e. The van der Waals surface area contributed by atoms with E-state index in [0.717, 1.165) is 31.6 Å². The third kappa shape index (κ3) is 3.62. The van der Waals surface area contributed by atoms with E-state index >= 15 is 0 Å². The summed E-state index contributed by atoms with van der Waals surface area (Å²) in [5.74, 6) is -1.85. The number of amides is 1. The molecular weight excluding hydrogens is 350 g/mol. The van der Waals surface area contributed by atoms with E-state index in [1.807, 2.05) is 12.1 Å². The molecule has 0 bridgehead atoms. The molecule has 0 unspecified atom stereocenters. The molecule has 1 aliphatic heterocycles. The molecule has 0 saturated heterocycles. The second-order valence-electron chi connectivity index (χ2n) is 6.30. The maximum atomic E-state index is 13.2. The van der Waals surface area contributed by atoms with Crippen LogP contribution in [-0.2, 0) is 13.0 Å². The van der Waals surface area contributed by atoms with Gasteiger partial charge in [0, 0.05) is 24.8 Å². The molecule has 0 spiro atoms. The lowest BCUT2D eigenvalue weighted by molar-refractivity contribution is 0.102. The number of halogens is 2. The average molecular weight is 366 g/mol. The smallest absolute Gasteiger partial charge is 0.276 e. The number of nitrogens with one attached hydrogen (secondary N) is 1. The number of aromatic nitrogens is 2. The van der Waals surface area contributed by atoms with Gasteiger partial charge in [-0.05, 0) is 41.8 Å². The molecule has 27 heavy (non-hydrogen) atoms. The zero-order valence-corrected chi connectivity index (χ0v) is 14.3. The summed E-state index contributed by atoms with van der Waals surface area (Å²) in [4.78, 5) is 14.3. The third-order valence-electron chi connectivity index (χ3n) is 4.52. The maximum absolute atomic E-state index is 13.2. The van der Waals surface area contributed by atoms with Gasteiger partial charge in [-0.1, -0.05) is 24.3 Å². The lowest BCUT2D eigenvalue weighted by Crippen LogP contribution is -2.31. The van der Waals surface area contributed by atoms with E-state index in [1.165, 1.54) is 17.2 Å². The van der Waals surface area contributed by atoms with Crippen LogP contribution < -0.4 is 10.2 Å². The van der Waals surface area contributed by atoms with Gasteiger partial charge in [0.25, 0.3) is 5.91 Å². The number of anilines is 2. The van der Waals surface area contributed by atoms with Gasteiger partial charge in [0.15, 0.2) is 23.1 Å². The van der Waals surface area contributed by atoms with Crippen LogP contribution >= 0.6 is 0 Å². The number of carbonyl (C=O) groups excluding carboxylic acids is 1. The first-order valence-corrected chi connectivity index (χ1v) is 8.52. The Labute approximate surface area is 154 Å². The SMILES string of the molecule is O=C(Nc1ccc(F)c(F)c1)c1ccc(N2CCc3ccccc3C2)nn1. The van der Waals surface area contributed by atoms with Crippen molar-refractivity contribution < 1.29 is 13.6 Å². The number of hydrogen-bond acceptors (Lipinski definition) is 4. The summed E-state index contributed by atoms with van der Waals surface area (Å²) in [6, 6.07) is 14.7. The van der Waals surface area contributed by atoms with Gasteiger partial charge in [0.2, 0.25) is 0 Å². The topological polar surface area (TPSA) is 58.1 Å². The van der Waals surface area contributed by atoms with E-state index in [9.17, 15) is 13.6 Å². The zero-order chi connectivity index (χ0) is 18.8. The molecule has 3 aromatic rings. The number of rotatable bonds is 3. The predicted molar refractivity (Wildman–Crippen MR) is 97.5 cm³/mol. The van der Waals surface area contributed by atoms with Crippen molar-refractivity contribution in [2.75, 3.05) is 16.8 Å². The Kier molecular flexibility index (Phi) is 4.50. The van der Waals surface area contributed by atoms with Crippen LogP contribution in [0.1, 0.15) is 21.6 Å². The van der Waals surface area contributed by atoms with Crippen molar-refractivity contribution in [3.63, 3.8) is 0 Å². The minimum atomic E-state index is -1.03. The molecule has 0 aliphatic carbocycles. The van der Waals surface area contributed by atoms with Crippen molar-refractivity contribution in [1.29, 1.82) is 0 Å². The van der Waals surface area contributed by atoms with Gasteiger partial charge in [0.05, 0.1) is 0 Å². The maximum Gasteiger partial charge on any atom is 0.276 e. The Bertz CT molecular complexity index is 992. The van der Waals surface area contributed by atoms with E-state index in [2.05, 4.69) is 32.5 Å². The van der Waals surface area contributed by atoms with E-state index < -0.39 is 17.5 Å². The van der Waals surface area contributed by atoms with E-state index in [-0.39, 0.29) is 11.4 Å². The van der Waals surface area contributed by atoms with Crippen LogP contribution in [0, 0.1) is 11.6 Å². The van der Waals surface area contributed by atoms with Crippen molar-refractivity contribution in [3.8, 4) is 0 Å². The third-order valence-corrected chi connectivity index (χ3v) is 4.52. The van der Waals surface area contributed by atoms with Crippen LogP contribution in [0.15, 0.2) is 54.6 Å². The van der Waals surface area contributed by atoms with Gasteiger partial charge < -0.3 is 10.2 Å². The first-order chi connectivity index (χ1) is 13.1. The number of benzene rings is 2. The number of fused-ring (bicyclic) bond motifs is 1. The molecule has 0 radical (unpaired) electrons. The molecule has 1 amide bonds. The number of carbonyl (C=O) groups is 1. The highest BCUT2D eigenvalue weighted by Crippen LogP contribution is 2.22. The predicted octanol–water partition coefficient (Wildman–Crippen LogP) is 3.57. The van der Waals surface area contributed by atoms with Gasteiger partial charge in [-0.25, -0.2) is 8.78 Å². The van der Waals surface area contributed by atoms with Crippen LogP contribution in [0.5, 0.6) is 0 Å². The Morgan fingerprint density at radius 3 is 2.52 bits per heavy atom. The van der Waals surface area contributed by atoms with Crippen molar-refractivity contribution in [2.24, 2.45) is 0 Å². The van der Waals surface area contributed by atoms with Crippen LogP contribution in [0.3, 0.4) is 0 Å². The zero-order valence-electron chi connectivity index (χ0n) is 14.3. The molecule has 1 aliphatic rings. The Morgan fingerprint density at radius 2 is 1.78 bits per heavy atom. The Balaban J connectivity index is 1.46. The summed E-state index contributed by atoms with van der Waals surface area (Å²) in [6.07, 6.45) is 0.927. The van der Waals surface area contributed by atoms with E-state index in [0.29, 0.717) is 5.82 Å². The van der Waals surface area contributed by atoms with Crippen LogP contribution in [-0.4, -0.2) is 22.6 Å². The lowest BCUT2D eigenvalue weighted by atomic mass is 10.00. The van der Waals surface area contributed by atoms with Crippen molar-refractivity contribution in [2.45, 2.75) is 13.0 Å². The fourth-order valence-corrected chi connectivity index (χ4v) is 3.08. The average Bonchev–Trinajstić information content (AvgIpc) is 2.70. The first-order valence-electron chi connectivity index (χ1n) is 8.52. The molecule has 1 aromatic heterocycles. The summed E-state index contributed by atoms with van der Waals surface area (Å²) in [6.45, 7) is 1.57. The molecule has 4 rings (SSSR count). The highest BCUT2D eigenvalue weighted by molar-refractivity contribution is 6.02. The molecule has 2 aromatic carbocycles. The minimum absolute atomic E-state index is 0.0980. The van der Waals surface area contributed by atoms with E-state index in [4.69, 9.17) is 0 Å². The summed E-state index contributed by atoms with van der Waals surface area (Å²) in [5, 5.41) is 10.6. The van der Waals surface area contributed by atoms with Gasteiger partial charge in [-0.2, -0.15) is 0 Å². The molecule has 7 heteroatoms. The van der Waals surface area contributed by atoms with Crippen LogP contribution in [0.2, 0.25) is 0 Å². The number of nitrogens with zero attached hydrogens (tertiary/aromatic N) is 3. The molecule has 1 N–H and O–H groups in total. The molecule has 0 fully saturated rings. The van der Waals surface area contributed by atoms with Crippen LogP contribution in [0.25, 0.3) is 0 Å². The Hall–Kier alpha value is -3.35. The quantitative estimate of drug-likeness (QED) is 0.770. The molecule has 136 valence electrons. The molecular formula is C20H16F2N4O. The molecule has 5 nitrogen and oxygen atoms in total. The van der Waals surface area contributed by atoms with Gasteiger partial charge in [0.1, 0.15) is 0 Å². The summed E-state index contributed by atoms with van der Waals surface area (Å²) in [7, 11) is 0.